The fourth-order valence-corrected chi connectivity index (χ4v) is 2.78. The van der Waals surface area contributed by atoms with E-state index in [9.17, 15) is 5.11 Å². The summed E-state index contributed by atoms with van der Waals surface area (Å²) >= 11 is 0. The van der Waals surface area contributed by atoms with Gasteiger partial charge in [-0.25, -0.2) is 0 Å². The largest absolute Gasteiger partial charge is 0.393 e. The average molecular weight is 218 g/mol. The summed E-state index contributed by atoms with van der Waals surface area (Å²) in [5.74, 6) is 0. The second kappa shape index (κ2) is 4.15. The lowest BCUT2D eigenvalue weighted by atomic mass is 9.86. The Balaban J connectivity index is 1.72. The minimum absolute atomic E-state index is 0.0794. The van der Waals surface area contributed by atoms with Crippen LogP contribution in [0.2, 0.25) is 0 Å². The molecule has 2 N–H and O–H groups in total. The Morgan fingerprint density at radius 2 is 2.25 bits per heavy atom. The van der Waals surface area contributed by atoms with Crippen molar-refractivity contribution >= 4 is 0 Å². The van der Waals surface area contributed by atoms with Gasteiger partial charge in [-0.2, -0.15) is 0 Å². The molecule has 16 heavy (non-hydrogen) atoms. The molecule has 0 aromatic carbocycles. The highest BCUT2D eigenvalue weighted by Gasteiger charge is 2.31. The van der Waals surface area contributed by atoms with Crippen molar-refractivity contribution in [3.63, 3.8) is 0 Å². The molecule has 1 aromatic rings. The van der Waals surface area contributed by atoms with E-state index in [1.54, 1.807) is 0 Å². The summed E-state index contributed by atoms with van der Waals surface area (Å²) < 4.78 is 0. The lowest BCUT2D eigenvalue weighted by Gasteiger charge is -2.37. The summed E-state index contributed by atoms with van der Waals surface area (Å²) in [5.41, 5.74) is 2.63. The van der Waals surface area contributed by atoms with Crippen molar-refractivity contribution in [2.45, 2.75) is 50.3 Å². The SMILES string of the molecule is OC1CC(NC2CCCc3cccnc32)C1. The number of rotatable bonds is 2. The van der Waals surface area contributed by atoms with E-state index in [-0.39, 0.29) is 6.10 Å². The Morgan fingerprint density at radius 1 is 1.38 bits per heavy atom. The van der Waals surface area contributed by atoms with Gasteiger partial charge in [0.15, 0.2) is 0 Å². The minimum Gasteiger partial charge on any atom is -0.393 e. The Kier molecular flexibility index (Phi) is 2.65. The number of nitrogens with zero attached hydrogens (tertiary/aromatic N) is 1. The number of aromatic nitrogens is 1. The van der Waals surface area contributed by atoms with Crippen LogP contribution in [0, 0.1) is 0 Å². The molecule has 3 rings (SSSR count). The van der Waals surface area contributed by atoms with Gasteiger partial charge in [-0.15, -0.1) is 0 Å². The number of hydrogen-bond donors (Lipinski definition) is 2. The van der Waals surface area contributed by atoms with E-state index < -0.39 is 0 Å². The van der Waals surface area contributed by atoms with Crippen LogP contribution in [-0.2, 0) is 6.42 Å². The van der Waals surface area contributed by atoms with Crippen LogP contribution in [-0.4, -0.2) is 22.2 Å². The number of pyridine rings is 1. The zero-order valence-electron chi connectivity index (χ0n) is 9.39. The van der Waals surface area contributed by atoms with Gasteiger partial charge in [0, 0.05) is 18.3 Å². The van der Waals surface area contributed by atoms with E-state index in [4.69, 9.17) is 0 Å². The van der Waals surface area contributed by atoms with Crippen molar-refractivity contribution in [1.29, 1.82) is 0 Å². The zero-order valence-corrected chi connectivity index (χ0v) is 9.39. The fourth-order valence-electron chi connectivity index (χ4n) is 2.78. The van der Waals surface area contributed by atoms with Crippen molar-refractivity contribution in [2.24, 2.45) is 0 Å². The van der Waals surface area contributed by atoms with E-state index >= 15 is 0 Å². The van der Waals surface area contributed by atoms with E-state index in [0.717, 1.165) is 19.3 Å². The topological polar surface area (TPSA) is 45.1 Å². The predicted octanol–water partition coefficient (Wildman–Crippen LogP) is 1.57. The molecule has 1 aromatic heterocycles. The maximum absolute atomic E-state index is 9.29. The highest BCUT2D eigenvalue weighted by molar-refractivity contribution is 5.25. The van der Waals surface area contributed by atoms with Crippen LogP contribution in [0.5, 0.6) is 0 Å². The van der Waals surface area contributed by atoms with Crippen LogP contribution in [0.1, 0.15) is 43.0 Å². The number of aryl methyl sites for hydroxylation is 1. The second-order valence-corrected chi connectivity index (χ2v) is 4.98. The van der Waals surface area contributed by atoms with Gasteiger partial charge >= 0.3 is 0 Å². The third-order valence-electron chi connectivity index (χ3n) is 3.75. The third-order valence-corrected chi connectivity index (χ3v) is 3.75. The first-order valence-electron chi connectivity index (χ1n) is 6.21. The Hall–Kier alpha value is -0.930. The molecule has 1 heterocycles. The summed E-state index contributed by atoms with van der Waals surface area (Å²) in [6.45, 7) is 0. The first-order chi connectivity index (χ1) is 7.83. The molecule has 3 nitrogen and oxygen atoms in total. The molecule has 3 heteroatoms. The normalized spacial score (nSPS) is 32.9. The van der Waals surface area contributed by atoms with E-state index in [0.29, 0.717) is 12.1 Å². The van der Waals surface area contributed by atoms with Gasteiger partial charge in [-0.3, -0.25) is 4.98 Å². The minimum atomic E-state index is -0.0794. The third kappa shape index (κ3) is 1.85. The van der Waals surface area contributed by atoms with Crippen molar-refractivity contribution in [1.82, 2.24) is 10.3 Å². The average Bonchev–Trinajstić information content (AvgIpc) is 2.27. The predicted molar refractivity (Wildman–Crippen MR) is 62.1 cm³/mol. The zero-order chi connectivity index (χ0) is 11.0. The lowest BCUT2D eigenvalue weighted by molar-refractivity contribution is 0.0563. The highest BCUT2D eigenvalue weighted by Crippen LogP contribution is 2.30. The maximum atomic E-state index is 9.29. The molecule has 86 valence electrons. The molecule has 0 bridgehead atoms. The molecule has 0 aliphatic heterocycles. The molecule has 1 atom stereocenters. The van der Waals surface area contributed by atoms with E-state index in [1.807, 2.05) is 12.3 Å². The van der Waals surface area contributed by atoms with Crippen molar-refractivity contribution in [3.05, 3.63) is 29.6 Å². The van der Waals surface area contributed by atoms with Gasteiger partial charge in [-0.1, -0.05) is 6.07 Å². The molecule has 0 radical (unpaired) electrons. The van der Waals surface area contributed by atoms with Gasteiger partial charge in [0.25, 0.3) is 0 Å². The molecule has 1 fully saturated rings. The Bertz CT molecular complexity index is 374. The van der Waals surface area contributed by atoms with E-state index in [2.05, 4.69) is 16.4 Å². The molecule has 1 saturated carbocycles. The van der Waals surface area contributed by atoms with Crippen LogP contribution in [0.3, 0.4) is 0 Å². The number of hydrogen-bond acceptors (Lipinski definition) is 3. The molecule has 0 amide bonds. The summed E-state index contributed by atoms with van der Waals surface area (Å²) in [6, 6.07) is 5.11. The van der Waals surface area contributed by atoms with Gasteiger partial charge in [-0.05, 0) is 43.7 Å². The van der Waals surface area contributed by atoms with E-state index in [1.165, 1.54) is 24.1 Å². The van der Waals surface area contributed by atoms with Crippen LogP contribution < -0.4 is 5.32 Å². The maximum Gasteiger partial charge on any atom is 0.0605 e. The fraction of sp³-hybridized carbons (Fsp3) is 0.615. The van der Waals surface area contributed by atoms with Crippen molar-refractivity contribution < 1.29 is 5.11 Å². The first kappa shape index (κ1) is 10.2. The summed E-state index contributed by atoms with van der Waals surface area (Å²) in [6.07, 6.45) is 7.19. The lowest BCUT2D eigenvalue weighted by Crippen LogP contribution is -2.46. The van der Waals surface area contributed by atoms with Gasteiger partial charge in [0.1, 0.15) is 0 Å². The first-order valence-corrected chi connectivity index (χ1v) is 6.21. The van der Waals surface area contributed by atoms with Gasteiger partial charge in [0.2, 0.25) is 0 Å². The van der Waals surface area contributed by atoms with Crippen LogP contribution in [0.15, 0.2) is 18.3 Å². The Labute approximate surface area is 95.9 Å². The van der Waals surface area contributed by atoms with Crippen molar-refractivity contribution in [3.8, 4) is 0 Å². The summed E-state index contributed by atoms with van der Waals surface area (Å²) in [7, 11) is 0. The second-order valence-electron chi connectivity index (χ2n) is 4.98. The molecule has 1 unspecified atom stereocenters. The number of aliphatic hydroxyl groups is 1. The van der Waals surface area contributed by atoms with Crippen LogP contribution in [0.25, 0.3) is 0 Å². The van der Waals surface area contributed by atoms with Gasteiger partial charge < -0.3 is 10.4 Å². The van der Waals surface area contributed by atoms with Crippen LogP contribution >= 0.6 is 0 Å². The number of aliphatic hydroxyl groups excluding tert-OH is 1. The highest BCUT2D eigenvalue weighted by atomic mass is 16.3. The molecule has 0 saturated heterocycles. The standard InChI is InChI=1S/C13H18N2O/c16-11-7-10(8-11)15-12-5-1-3-9-4-2-6-14-13(9)12/h2,4,6,10-12,15-16H,1,3,5,7-8H2. The monoisotopic (exact) mass is 218 g/mol. The summed E-state index contributed by atoms with van der Waals surface area (Å²) in [4.78, 5) is 4.51. The molecular formula is C13H18N2O. The Morgan fingerprint density at radius 3 is 3.06 bits per heavy atom. The molecule has 2 aliphatic rings. The van der Waals surface area contributed by atoms with Gasteiger partial charge in [0.05, 0.1) is 11.8 Å². The van der Waals surface area contributed by atoms with Crippen LogP contribution in [0.4, 0.5) is 0 Å². The molecular weight excluding hydrogens is 200 g/mol. The molecule has 0 spiro atoms. The smallest absolute Gasteiger partial charge is 0.0605 e. The summed E-state index contributed by atoms with van der Waals surface area (Å²) in [5, 5.41) is 12.9. The number of nitrogens with one attached hydrogen (secondary N) is 1. The quantitative estimate of drug-likeness (QED) is 0.792. The molecule has 2 aliphatic carbocycles. The van der Waals surface area contributed by atoms with Crippen molar-refractivity contribution in [2.75, 3.05) is 0 Å². The number of fused-ring (bicyclic) bond motifs is 1.